The molecule has 1 N–H and O–H groups in total. The van der Waals surface area contributed by atoms with E-state index in [2.05, 4.69) is 14.7 Å². The van der Waals surface area contributed by atoms with E-state index in [1.165, 1.54) is 23.7 Å². The molecular weight excluding hydrogens is 232 g/mol. The highest BCUT2D eigenvalue weighted by Gasteiger charge is 2.07. The van der Waals surface area contributed by atoms with Gasteiger partial charge in [0.25, 0.3) is 0 Å². The molecule has 84 valence electrons. The van der Waals surface area contributed by atoms with Gasteiger partial charge in [-0.1, -0.05) is 12.1 Å². The molecule has 0 aliphatic carbocycles. The van der Waals surface area contributed by atoms with Gasteiger partial charge in [-0.2, -0.15) is 4.37 Å². The summed E-state index contributed by atoms with van der Waals surface area (Å²) in [6, 6.07) is 4.09. The molecule has 0 saturated heterocycles. The van der Waals surface area contributed by atoms with Crippen molar-refractivity contribution in [3.05, 3.63) is 41.2 Å². The van der Waals surface area contributed by atoms with E-state index in [-0.39, 0.29) is 12.1 Å². The van der Waals surface area contributed by atoms with Crippen LogP contribution in [0.25, 0.3) is 0 Å². The summed E-state index contributed by atoms with van der Waals surface area (Å²) >= 11 is 1.19. The van der Waals surface area contributed by atoms with Gasteiger partial charge in [-0.15, -0.1) is 0 Å². The van der Waals surface area contributed by atoms with Crippen molar-refractivity contribution >= 4 is 16.7 Å². The summed E-state index contributed by atoms with van der Waals surface area (Å²) in [5, 5.41) is 3.49. The fourth-order valence-corrected chi connectivity index (χ4v) is 1.79. The van der Waals surface area contributed by atoms with Gasteiger partial charge in [-0.05, 0) is 13.0 Å². The number of hydrogen-bond donors (Lipinski definition) is 1. The van der Waals surface area contributed by atoms with Crippen molar-refractivity contribution in [2.45, 2.75) is 13.5 Å². The molecule has 6 heteroatoms. The molecule has 0 fully saturated rings. The average molecular weight is 241 g/mol. The lowest BCUT2D eigenvalue weighted by molar-refractivity contribution is 0.500. The first-order valence-corrected chi connectivity index (χ1v) is 5.41. The fraction of sp³-hybridized carbons (Fsp3) is 0.200. The quantitative estimate of drug-likeness (QED) is 0.897. The van der Waals surface area contributed by atoms with Crippen LogP contribution in [0, 0.1) is 18.6 Å². The Morgan fingerprint density at radius 1 is 1.38 bits per heavy atom. The van der Waals surface area contributed by atoms with Gasteiger partial charge >= 0.3 is 0 Å². The van der Waals surface area contributed by atoms with E-state index < -0.39 is 11.6 Å². The molecule has 0 bridgehead atoms. The number of halogens is 2. The van der Waals surface area contributed by atoms with Crippen molar-refractivity contribution in [3.63, 3.8) is 0 Å². The largest absolute Gasteiger partial charge is 0.356 e. The molecule has 0 saturated carbocycles. The van der Waals surface area contributed by atoms with Crippen LogP contribution in [0.4, 0.5) is 13.9 Å². The normalized spacial score (nSPS) is 10.4. The van der Waals surface area contributed by atoms with Crippen molar-refractivity contribution in [1.29, 1.82) is 0 Å². The number of rotatable bonds is 3. The lowest BCUT2D eigenvalue weighted by Crippen LogP contribution is -2.02. The van der Waals surface area contributed by atoms with Crippen molar-refractivity contribution in [1.82, 2.24) is 9.36 Å². The number of nitrogens with zero attached hydrogens (tertiary/aromatic N) is 2. The van der Waals surface area contributed by atoms with Crippen LogP contribution in [-0.4, -0.2) is 9.36 Å². The zero-order chi connectivity index (χ0) is 11.5. The Labute approximate surface area is 95.3 Å². The van der Waals surface area contributed by atoms with E-state index in [0.717, 1.165) is 6.07 Å². The molecule has 0 aliphatic rings. The number of benzene rings is 1. The molecule has 1 aromatic carbocycles. The summed E-state index contributed by atoms with van der Waals surface area (Å²) in [7, 11) is 0. The van der Waals surface area contributed by atoms with Crippen molar-refractivity contribution in [2.24, 2.45) is 0 Å². The highest BCUT2D eigenvalue weighted by molar-refractivity contribution is 7.09. The van der Waals surface area contributed by atoms with Crippen molar-refractivity contribution in [2.75, 3.05) is 5.32 Å². The molecule has 16 heavy (non-hydrogen) atoms. The highest BCUT2D eigenvalue weighted by Crippen LogP contribution is 2.15. The molecule has 1 aromatic heterocycles. The second-order valence-electron chi connectivity index (χ2n) is 3.21. The molecule has 0 unspecified atom stereocenters. The maximum Gasteiger partial charge on any atom is 0.202 e. The summed E-state index contributed by atoms with van der Waals surface area (Å²) in [6.07, 6.45) is 0. The second kappa shape index (κ2) is 4.52. The predicted molar refractivity (Wildman–Crippen MR) is 58.3 cm³/mol. The van der Waals surface area contributed by atoms with Gasteiger partial charge in [0, 0.05) is 23.6 Å². The maximum atomic E-state index is 13.3. The third kappa shape index (κ3) is 2.33. The standard InChI is InChI=1S/C10H9F2N3S/c1-6-14-10(16-15-6)13-5-7-3-2-4-8(11)9(7)12/h2-4H,5H2,1H3,(H,13,14,15). The Morgan fingerprint density at radius 2 is 2.19 bits per heavy atom. The Morgan fingerprint density at radius 3 is 2.88 bits per heavy atom. The molecule has 2 aromatic rings. The van der Waals surface area contributed by atoms with E-state index in [0.29, 0.717) is 11.0 Å². The van der Waals surface area contributed by atoms with Crippen LogP contribution in [0.15, 0.2) is 18.2 Å². The molecular formula is C10H9F2N3S. The molecule has 3 nitrogen and oxygen atoms in total. The number of aryl methyl sites for hydroxylation is 1. The monoisotopic (exact) mass is 241 g/mol. The number of aromatic nitrogens is 2. The summed E-state index contributed by atoms with van der Waals surface area (Å²) in [6.45, 7) is 1.96. The van der Waals surface area contributed by atoms with Crippen molar-refractivity contribution in [3.8, 4) is 0 Å². The summed E-state index contributed by atoms with van der Waals surface area (Å²) < 4.78 is 30.1. The molecule has 2 rings (SSSR count). The Hall–Kier alpha value is -1.56. The average Bonchev–Trinajstić information content (AvgIpc) is 2.67. The summed E-state index contributed by atoms with van der Waals surface area (Å²) in [4.78, 5) is 4.06. The van der Waals surface area contributed by atoms with Gasteiger partial charge < -0.3 is 5.32 Å². The van der Waals surface area contributed by atoms with Crippen LogP contribution in [0.1, 0.15) is 11.4 Å². The number of anilines is 1. The van der Waals surface area contributed by atoms with Crippen LogP contribution in [0.3, 0.4) is 0 Å². The van der Waals surface area contributed by atoms with Crippen LogP contribution in [0.5, 0.6) is 0 Å². The second-order valence-corrected chi connectivity index (χ2v) is 3.97. The van der Waals surface area contributed by atoms with Crippen LogP contribution >= 0.6 is 11.5 Å². The van der Waals surface area contributed by atoms with Gasteiger partial charge in [-0.25, -0.2) is 13.8 Å². The minimum Gasteiger partial charge on any atom is -0.356 e. The van der Waals surface area contributed by atoms with E-state index in [9.17, 15) is 8.78 Å². The fourth-order valence-electron chi connectivity index (χ4n) is 1.22. The van der Waals surface area contributed by atoms with E-state index >= 15 is 0 Å². The van der Waals surface area contributed by atoms with E-state index in [4.69, 9.17) is 0 Å². The number of nitrogens with one attached hydrogen (secondary N) is 1. The van der Waals surface area contributed by atoms with Crippen molar-refractivity contribution < 1.29 is 8.78 Å². The topological polar surface area (TPSA) is 37.8 Å². The van der Waals surface area contributed by atoms with Gasteiger partial charge in [-0.3, -0.25) is 0 Å². The first-order valence-electron chi connectivity index (χ1n) is 4.64. The Balaban J connectivity index is 2.07. The highest BCUT2D eigenvalue weighted by atomic mass is 32.1. The summed E-state index contributed by atoms with van der Waals surface area (Å²) in [5.74, 6) is -1.00. The zero-order valence-corrected chi connectivity index (χ0v) is 9.31. The number of hydrogen-bond acceptors (Lipinski definition) is 4. The smallest absolute Gasteiger partial charge is 0.202 e. The van der Waals surface area contributed by atoms with Gasteiger partial charge in [0.05, 0.1) is 0 Å². The van der Waals surface area contributed by atoms with Crippen LogP contribution in [0.2, 0.25) is 0 Å². The molecule has 0 atom stereocenters. The maximum absolute atomic E-state index is 13.3. The lowest BCUT2D eigenvalue weighted by Gasteiger charge is -2.04. The minimum absolute atomic E-state index is 0.193. The van der Waals surface area contributed by atoms with Gasteiger partial charge in [0.1, 0.15) is 5.82 Å². The molecule has 0 radical (unpaired) electrons. The third-order valence-corrected chi connectivity index (χ3v) is 2.75. The van der Waals surface area contributed by atoms with E-state index in [1.807, 2.05) is 0 Å². The first-order chi connectivity index (χ1) is 7.66. The molecule has 0 amide bonds. The first kappa shape index (κ1) is 10.9. The lowest BCUT2D eigenvalue weighted by atomic mass is 10.2. The van der Waals surface area contributed by atoms with E-state index in [1.54, 1.807) is 6.92 Å². The predicted octanol–water partition coefficient (Wildman–Crippen LogP) is 2.74. The van der Waals surface area contributed by atoms with Crippen LogP contribution < -0.4 is 5.32 Å². The Bertz CT molecular complexity index is 499. The molecule has 0 aliphatic heterocycles. The Kier molecular flexibility index (Phi) is 3.09. The van der Waals surface area contributed by atoms with Crippen LogP contribution in [-0.2, 0) is 6.54 Å². The van der Waals surface area contributed by atoms with Gasteiger partial charge in [0.15, 0.2) is 11.6 Å². The molecule has 1 heterocycles. The SMILES string of the molecule is Cc1nsc(NCc2cccc(F)c2F)n1. The van der Waals surface area contributed by atoms with Gasteiger partial charge in [0.2, 0.25) is 5.13 Å². The summed E-state index contributed by atoms with van der Waals surface area (Å²) in [5.41, 5.74) is 0.271. The minimum atomic E-state index is -0.840. The molecule has 0 spiro atoms. The third-order valence-electron chi connectivity index (χ3n) is 1.99. The zero-order valence-electron chi connectivity index (χ0n) is 8.50.